The van der Waals surface area contributed by atoms with Gasteiger partial charge in [0.1, 0.15) is 17.1 Å². The van der Waals surface area contributed by atoms with Gasteiger partial charge in [-0.05, 0) is 60.9 Å². The number of hydrogen-bond acceptors (Lipinski definition) is 7. The third-order valence-corrected chi connectivity index (χ3v) is 6.88. The Hall–Kier alpha value is -4.66. The maximum Gasteiger partial charge on any atom is 0.273 e. The van der Waals surface area contributed by atoms with Crippen LogP contribution < -0.4 is 14.2 Å². The number of amides is 1. The predicted molar refractivity (Wildman–Crippen MR) is 141 cm³/mol. The molecule has 0 saturated heterocycles. The Balaban J connectivity index is 1.58. The molecule has 3 aromatic carbocycles. The lowest BCUT2D eigenvalue weighted by molar-refractivity contribution is 0.0745. The Morgan fingerprint density at radius 3 is 2.37 bits per heavy atom. The van der Waals surface area contributed by atoms with Crippen molar-refractivity contribution in [3.63, 3.8) is 0 Å². The molecule has 0 spiro atoms. The van der Waals surface area contributed by atoms with Crippen LogP contribution in [0, 0.1) is 6.92 Å². The first kappa shape index (κ1) is 25.0. The van der Waals surface area contributed by atoms with Gasteiger partial charge in [-0.1, -0.05) is 23.8 Å². The van der Waals surface area contributed by atoms with Gasteiger partial charge in [-0.3, -0.25) is 9.89 Å². The van der Waals surface area contributed by atoms with Crippen LogP contribution in [0.4, 0.5) is 0 Å². The van der Waals surface area contributed by atoms with Crippen LogP contribution in [-0.2, 0) is 6.42 Å². The van der Waals surface area contributed by atoms with E-state index >= 15 is 0 Å². The zero-order chi connectivity index (χ0) is 27.0. The zero-order valence-electron chi connectivity index (χ0n) is 21.6. The Labute approximate surface area is 220 Å². The van der Waals surface area contributed by atoms with Crippen LogP contribution in [0.1, 0.15) is 38.8 Å². The van der Waals surface area contributed by atoms with Crippen LogP contribution in [0.15, 0.2) is 54.6 Å². The minimum Gasteiger partial charge on any atom is -0.507 e. The fraction of sp³-hybridized carbons (Fsp3) is 0.241. The number of phenolic OH excluding ortho intramolecular Hbond substituents is 2. The fourth-order valence-electron chi connectivity index (χ4n) is 4.97. The van der Waals surface area contributed by atoms with Crippen molar-refractivity contribution in [3.8, 4) is 40.0 Å². The number of methoxy groups -OCH3 is 3. The Morgan fingerprint density at radius 2 is 1.63 bits per heavy atom. The third-order valence-electron chi connectivity index (χ3n) is 6.88. The molecule has 3 N–H and O–H groups in total. The number of nitrogens with one attached hydrogen (secondary N) is 1. The molecule has 0 fully saturated rings. The van der Waals surface area contributed by atoms with Crippen molar-refractivity contribution in [2.45, 2.75) is 19.4 Å². The molecule has 1 aliphatic rings. The molecular weight excluding hydrogens is 486 g/mol. The van der Waals surface area contributed by atoms with Crippen LogP contribution in [-0.4, -0.2) is 59.1 Å². The molecule has 9 heteroatoms. The summed E-state index contributed by atoms with van der Waals surface area (Å²) in [5.41, 5.74) is 4.73. The molecule has 0 bridgehead atoms. The van der Waals surface area contributed by atoms with Crippen molar-refractivity contribution in [3.05, 3.63) is 82.5 Å². The van der Waals surface area contributed by atoms with Crippen molar-refractivity contribution < 1.29 is 29.2 Å². The number of ether oxygens (including phenoxy) is 3. The summed E-state index contributed by atoms with van der Waals surface area (Å²) >= 11 is 0. The lowest BCUT2D eigenvalue weighted by atomic mass is 9.94. The van der Waals surface area contributed by atoms with Crippen molar-refractivity contribution in [2.24, 2.45) is 0 Å². The number of aryl methyl sites for hydroxylation is 1. The smallest absolute Gasteiger partial charge is 0.273 e. The normalized spacial score (nSPS) is 14.5. The second-order valence-corrected chi connectivity index (χ2v) is 9.15. The molecule has 38 heavy (non-hydrogen) atoms. The van der Waals surface area contributed by atoms with Crippen LogP contribution in [0.25, 0.3) is 11.3 Å². The number of benzene rings is 3. The molecule has 0 unspecified atom stereocenters. The van der Waals surface area contributed by atoms with Crippen molar-refractivity contribution >= 4 is 5.91 Å². The molecule has 9 nitrogen and oxygen atoms in total. The quantitative estimate of drug-likeness (QED) is 0.314. The molecule has 1 atom stereocenters. The number of carbonyl (C=O) groups excluding carboxylic acids is 1. The minimum absolute atomic E-state index is 0.00132. The lowest BCUT2D eigenvalue weighted by Crippen LogP contribution is -2.31. The molecule has 0 radical (unpaired) electrons. The van der Waals surface area contributed by atoms with E-state index in [-0.39, 0.29) is 17.4 Å². The molecule has 196 valence electrons. The Morgan fingerprint density at radius 1 is 0.895 bits per heavy atom. The number of aromatic nitrogens is 2. The summed E-state index contributed by atoms with van der Waals surface area (Å²) in [7, 11) is 4.65. The second kappa shape index (κ2) is 10.0. The van der Waals surface area contributed by atoms with Gasteiger partial charge in [0, 0.05) is 17.7 Å². The molecule has 2 heterocycles. The standard InChI is InChI=1S/C29H29N3O6/c1-16-5-8-20(33)19(13-16)26-25-27(31-30-26)29(35)32(28(25)18-7-9-21(34)23(15-18)37-3)12-11-17-6-10-22(36-2)24(14-17)38-4/h5-10,13-15,28,33-34H,11-12H2,1-4H3,(H,30,31)/t28-/m0/s1. The maximum absolute atomic E-state index is 13.7. The van der Waals surface area contributed by atoms with Crippen LogP contribution >= 0.6 is 0 Å². The topological polar surface area (TPSA) is 117 Å². The number of fused-ring (bicyclic) bond motifs is 1. The van der Waals surface area contributed by atoms with E-state index in [2.05, 4.69) is 10.2 Å². The molecule has 5 rings (SSSR count). The fourth-order valence-corrected chi connectivity index (χ4v) is 4.97. The maximum atomic E-state index is 13.7. The van der Waals surface area contributed by atoms with E-state index in [9.17, 15) is 15.0 Å². The summed E-state index contributed by atoms with van der Waals surface area (Å²) in [6.45, 7) is 2.32. The van der Waals surface area contributed by atoms with Gasteiger partial charge in [-0.15, -0.1) is 0 Å². The average molecular weight is 516 g/mol. The van der Waals surface area contributed by atoms with E-state index in [0.717, 1.165) is 16.7 Å². The van der Waals surface area contributed by atoms with E-state index < -0.39 is 6.04 Å². The Bertz CT molecular complexity index is 1510. The lowest BCUT2D eigenvalue weighted by Gasteiger charge is -2.27. The first-order valence-corrected chi connectivity index (χ1v) is 12.1. The summed E-state index contributed by atoms with van der Waals surface area (Å²) < 4.78 is 16.1. The molecule has 1 aliphatic heterocycles. The molecule has 1 amide bonds. The average Bonchev–Trinajstić information content (AvgIpc) is 3.47. The van der Waals surface area contributed by atoms with Gasteiger partial charge in [0.25, 0.3) is 5.91 Å². The van der Waals surface area contributed by atoms with Gasteiger partial charge in [0.2, 0.25) is 0 Å². The van der Waals surface area contributed by atoms with Crippen molar-refractivity contribution in [1.82, 2.24) is 15.1 Å². The molecule has 0 aliphatic carbocycles. The number of nitrogens with zero attached hydrogens (tertiary/aromatic N) is 2. The highest BCUT2D eigenvalue weighted by atomic mass is 16.5. The van der Waals surface area contributed by atoms with E-state index in [1.807, 2.05) is 37.3 Å². The summed E-state index contributed by atoms with van der Waals surface area (Å²) in [6, 6.07) is 15.5. The molecule has 4 aromatic rings. The summed E-state index contributed by atoms with van der Waals surface area (Å²) in [5.74, 6) is 1.41. The number of phenols is 2. The highest BCUT2D eigenvalue weighted by molar-refractivity contribution is 6.00. The number of rotatable bonds is 8. The summed E-state index contributed by atoms with van der Waals surface area (Å²) in [5, 5.41) is 28.2. The first-order valence-electron chi connectivity index (χ1n) is 12.1. The number of hydrogen-bond donors (Lipinski definition) is 3. The zero-order valence-corrected chi connectivity index (χ0v) is 21.6. The highest BCUT2D eigenvalue weighted by Gasteiger charge is 2.42. The van der Waals surface area contributed by atoms with Gasteiger partial charge < -0.3 is 29.3 Å². The predicted octanol–water partition coefficient (Wildman–Crippen LogP) is 4.61. The van der Waals surface area contributed by atoms with Crippen LogP contribution in [0.5, 0.6) is 28.7 Å². The monoisotopic (exact) mass is 515 g/mol. The van der Waals surface area contributed by atoms with Crippen molar-refractivity contribution in [1.29, 1.82) is 0 Å². The molecule has 1 aromatic heterocycles. The number of aromatic hydroxyl groups is 2. The summed E-state index contributed by atoms with van der Waals surface area (Å²) in [6.07, 6.45) is 0.556. The SMILES string of the molecule is COc1cc([C@H]2c3c(-c4cc(C)ccc4O)n[nH]c3C(=O)N2CCc2ccc(OC)c(OC)c2)ccc1O. The van der Waals surface area contributed by atoms with Gasteiger partial charge in [-0.25, -0.2) is 0 Å². The van der Waals surface area contributed by atoms with Gasteiger partial charge >= 0.3 is 0 Å². The van der Waals surface area contributed by atoms with E-state index in [1.54, 1.807) is 43.4 Å². The molecular formula is C29H29N3O6. The van der Waals surface area contributed by atoms with Crippen LogP contribution in [0.3, 0.4) is 0 Å². The third kappa shape index (κ3) is 4.26. The van der Waals surface area contributed by atoms with E-state index in [4.69, 9.17) is 14.2 Å². The first-order chi connectivity index (χ1) is 18.4. The summed E-state index contributed by atoms with van der Waals surface area (Å²) in [4.78, 5) is 15.5. The number of H-pyrrole nitrogens is 1. The number of carbonyl (C=O) groups is 1. The number of aromatic amines is 1. The van der Waals surface area contributed by atoms with Crippen LogP contribution in [0.2, 0.25) is 0 Å². The van der Waals surface area contributed by atoms with Gasteiger partial charge in [0.15, 0.2) is 23.0 Å². The molecule has 0 saturated carbocycles. The second-order valence-electron chi connectivity index (χ2n) is 9.15. The van der Waals surface area contributed by atoms with E-state index in [0.29, 0.717) is 52.7 Å². The van der Waals surface area contributed by atoms with Gasteiger partial charge in [0.05, 0.1) is 27.4 Å². The van der Waals surface area contributed by atoms with Crippen molar-refractivity contribution in [2.75, 3.05) is 27.9 Å². The Kier molecular flexibility index (Phi) is 6.59. The van der Waals surface area contributed by atoms with E-state index in [1.165, 1.54) is 7.11 Å². The minimum atomic E-state index is -0.527. The highest BCUT2D eigenvalue weighted by Crippen LogP contribution is 2.46. The van der Waals surface area contributed by atoms with Gasteiger partial charge in [-0.2, -0.15) is 5.10 Å². The largest absolute Gasteiger partial charge is 0.507 e.